The van der Waals surface area contributed by atoms with Crippen LogP contribution >= 0.6 is 11.6 Å². The Hall–Kier alpha value is -3.12. The lowest BCUT2D eigenvalue weighted by Gasteiger charge is -2.08. The third-order valence-electron chi connectivity index (χ3n) is 3.90. The molecule has 0 atom stereocenters. The third-order valence-corrected chi connectivity index (χ3v) is 4.15. The summed E-state index contributed by atoms with van der Waals surface area (Å²) in [5, 5.41) is 5.57. The van der Waals surface area contributed by atoms with Gasteiger partial charge in [0.15, 0.2) is 0 Å². The van der Waals surface area contributed by atoms with Crippen LogP contribution in [0.4, 0.5) is 0 Å². The number of carbonyl (C=O) groups is 1. The lowest BCUT2D eigenvalue weighted by atomic mass is 10.0. The second kappa shape index (κ2) is 5.75. The summed E-state index contributed by atoms with van der Waals surface area (Å²) in [4.78, 5) is 24.0. The number of nitrogens with zero attached hydrogens (tertiary/aromatic N) is 2. The molecule has 2 aliphatic rings. The van der Waals surface area contributed by atoms with Gasteiger partial charge in [0, 0.05) is 16.0 Å². The van der Waals surface area contributed by atoms with Crippen LogP contribution in [0.5, 0.6) is 0 Å². The van der Waals surface area contributed by atoms with E-state index in [2.05, 4.69) is 5.10 Å². The van der Waals surface area contributed by atoms with E-state index in [1.807, 2.05) is 18.2 Å². The quantitative estimate of drug-likeness (QED) is 0.613. The van der Waals surface area contributed by atoms with Crippen LogP contribution in [-0.2, 0) is 11.3 Å². The number of aromatic nitrogens is 2. The number of benzene rings is 2. The SMILES string of the molecule is NC(=O)Cn1nc2c3ccccc3oc(-c3ccc(Cl)cc3)c-2c1=O. The van der Waals surface area contributed by atoms with E-state index >= 15 is 0 Å². The number of carbonyl (C=O) groups excluding carboxylic acids is 1. The predicted molar refractivity (Wildman–Crippen MR) is 94.5 cm³/mol. The number of halogens is 1. The maximum Gasteiger partial charge on any atom is 0.280 e. The molecule has 2 aromatic carbocycles. The maximum atomic E-state index is 12.8. The van der Waals surface area contributed by atoms with Gasteiger partial charge in [0.1, 0.15) is 29.1 Å². The Bertz CT molecular complexity index is 1130. The highest BCUT2D eigenvalue weighted by atomic mass is 35.5. The van der Waals surface area contributed by atoms with Gasteiger partial charge in [-0.3, -0.25) is 9.59 Å². The molecular weight excluding hydrogens is 342 g/mol. The number of fused-ring (bicyclic) bond motifs is 3. The summed E-state index contributed by atoms with van der Waals surface area (Å²) in [6.45, 7) is -0.290. The summed E-state index contributed by atoms with van der Waals surface area (Å²) in [6.07, 6.45) is 0. The van der Waals surface area contributed by atoms with Crippen molar-refractivity contribution in [2.45, 2.75) is 6.54 Å². The summed E-state index contributed by atoms with van der Waals surface area (Å²) in [5.74, 6) is -0.259. The molecule has 0 aromatic heterocycles. The van der Waals surface area contributed by atoms with Gasteiger partial charge in [0.25, 0.3) is 5.56 Å². The number of hydrogen-bond donors (Lipinski definition) is 1. The Labute approximate surface area is 146 Å². The molecule has 2 aliphatic heterocycles. The number of amides is 1. The molecule has 0 spiro atoms. The van der Waals surface area contributed by atoms with Gasteiger partial charge >= 0.3 is 0 Å². The van der Waals surface area contributed by atoms with Gasteiger partial charge in [0.2, 0.25) is 5.91 Å². The Morgan fingerprint density at radius 1 is 1.16 bits per heavy atom. The van der Waals surface area contributed by atoms with Crippen molar-refractivity contribution in [1.82, 2.24) is 9.78 Å². The third kappa shape index (κ3) is 2.56. The van der Waals surface area contributed by atoms with E-state index in [4.69, 9.17) is 21.8 Å². The fourth-order valence-corrected chi connectivity index (χ4v) is 2.94. The Morgan fingerprint density at radius 3 is 2.60 bits per heavy atom. The van der Waals surface area contributed by atoms with Crippen LogP contribution in [0.25, 0.3) is 33.6 Å². The minimum Gasteiger partial charge on any atom is -0.455 e. The van der Waals surface area contributed by atoms with Crippen LogP contribution in [-0.4, -0.2) is 15.7 Å². The molecule has 0 unspecified atom stereocenters. The topological polar surface area (TPSA) is 91.1 Å². The lowest BCUT2D eigenvalue weighted by Crippen LogP contribution is -2.26. The van der Waals surface area contributed by atoms with Crippen molar-refractivity contribution in [3.63, 3.8) is 0 Å². The first kappa shape index (κ1) is 15.4. The first-order chi connectivity index (χ1) is 12.0. The van der Waals surface area contributed by atoms with Crippen molar-refractivity contribution in [2.75, 3.05) is 0 Å². The molecule has 25 heavy (non-hydrogen) atoms. The fraction of sp³-hybridized carbons (Fsp3) is 0.0556. The zero-order valence-electron chi connectivity index (χ0n) is 12.9. The highest BCUT2D eigenvalue weighted by Gasteiger charge is 2.25. The number of hydrogen-bond acceptors (Lipinski definition) is 4. The summed E-state index contributed by atoms with van der Waals surface area (Å²) >= 11 is 5.94. The number of primary amides is 1. The molecule has 6 nitrogen and oxygen atoms in total. The number of rotatable bonds is 3. The van der Waals surface area contributed by atoms with Crippen molar-refractivity contribution in [3.8, 4) is 22.6 Å². The van der Waals surface area contributed by atoms with Crippen LogP contribution in [0.1, 0.15) is 0 Å². The van der Waals surface area contributed by atoms with Crippen molar-refractivity contribution in [2.24, 2.45) is 5.73 Å². The molecule has 0 saturated carbocycles. The van der Waals surface area contributed by atoms with Gasteiger partial charge in [-0.15, -0.1) is 0 Å². The number of para-hydroxylation sites is 1. The van der Waals surface area contributed by atoms with Gasteiger partial charge in [-0.25, -0.2) is 4.68 Å². The monoisotopic (exact) mass is 353 g/mol. The summed E-state index contributed by atoms with van der Waals surface area (Å²) in [6, 6.07) is 14.2. The van der Waals surface area contributed by atoms with E-state index in [1.165, 1.54) is 0 Å². The fourth-order valence-electron chi connectivity index (χ4n) is 2.81. The minimum absolute atomic E-state index is 0.290. The first-order valence-corrected chi connectivity index (χ1v) is 7.89. The van der Waals surface area contributed by atoms with E-state index < -0.39 is 11.5 Å². The molecular formula is C18H12ClN3O3. The average Bonchev–Trinajstić information content (AvgIpc) is 2.91. The Morgan fingerprint density at radius 2 is 1.88 bits per heavy atom. The van der Waals surface area contributed by atoms with Crippen molar-refractivity contribution in [3.05, 3.63) is 63.9 Å². The molecule has 0 fully saturated rings. The smallest absolute Gasteiger partial charge is 0.280 e. The Kier molecular flexibility index (Phi) is 3.54. The van der Waals surface area contributed by atoms with Gasteiger partial charge in [-0.2, -0.15) is 5.10 Å². The molecule has 1 amide bonds. The van der Waals surface area contributed by atoms with E-state index in [-0.39, 0.29) is 6.54 Å². The van der Waals surface area contributed by atoms with E-state index in [0.29, 0.717) is 38.6 Å². The molecule has 2 N–H and O–H groups in total. The second-order valence-corrected chi connectivity index (χ2v) is 6.02. The Balaban J connectivity index is 2.10. The zero-order valence-corrected chi connectivity index (χ0v) is 13.7. The summed E-state index contributed by atoms with van der Waals surface area (Å²) in [5.41, 5.74) is 6.85. The van der Waals surface area contributed by atoms with Crippen LogP contribution < -0.4 is 11.3 Å². The first-order valence-electron chi connectivity index (χ1n) is 7.51. The summed E-state index contributed by atoms with van der Waals surface area (Å²) in [7, 11) is 0. The zero-order chi connectivity index (χ0) is 17.6. The molecule has 0 bridgehead atoms. The minimum atomic E-state index is -0.640. The standard InChI is InChI=1S/C18H12ClN3O3/c19-11-7-5-10(6-8-11)17-15-16(12-3-1-2-4-13(12)25-17)21-22(18(15)24)9-14(20)23/h1-8H,9H2,(H2,20,23). The highest BCUT2D eigenvalue weighted by Crippen LogP contribution is 2.36. The lowest BCUT2D eigenvalue weighted by molar-refractivity contribution is -0.118. The summed E-state index contributed by atoms with van der Waals surface area (Å²) < 4.78 is 7.05. The molecule has 0 radical (unpaired) electrons. The van der Waals surface area contributed by atoms with Gasteiger partial charge in [-0.05, 0) is 36.4 Å². The van der Waals surface area contributed by atoms with Gasteiger partial charge < -0.3 is 10.2 Å². The van der Waals surface area contributed by atoms with Gasteiger partial charge in [-0.1, -0.05) is 23.7 Å². The van der Waals surface area contributed by atoms with Crippen LogP contribution in [0, 0.1) is 0 Å². The molecule has 4 rings (SSSR count). The van der Waals surface area contributed by atoms with E-state index in [0.717, 1.165) is 4.68 Å². The normalized spacial score (nSPS) is 11.2. The largest absolute Gasteiger partial charge is 0.455 e. The average molecular weight is 354 g/mol. The van der Waals surface area contributed by atoms with Crippen LogP contribution in [0.2, 0.25) is 5.02 Å². The molecule has 0 saturated heterocycles. The van der Waals surface area contributed by atoms with Crippen molar-refractivity contribution >= 4 is 28.5 Å². The predicted octanol–water partition coefficient (Wildman–Crippen LogP) is 2.90. The van der Waals surface area contributed by atoms with Crippen LogP contribution in [0.3, 0.4) is 0 Å². The van der Waals surface area contributed by atoms with Crippen molar-refractivity contribution in [1.29, 1.82) is 0 Å². The molecule has 7 heteroatoms. The number of nitrogens with two attached hydrogens (primary N) is 1. The molecule has 124 valence electrons. The molecule has 2 aromatic rings. The maximum absolute atomic E-state index is 12.8. The highest BCUT2D eigenvalue weighted by molar-refractivity contribution is 6.30. The van der Waals surface area contributed by atoms with E-state index in [9.17, 15) is 9.59 Å². The molecule has 2 heterocycles. The van der Waals surface area contributed by atoms with E-state index in [1.54, 1.807) is 30.3 Å². The second-order valence-electron chi connectivity index (χ2n) is 5.59. The van der Waals surface area contributed by atoms with Crippen LogP contribution in [0.15, 0.2) is 57.7 Å². The van der Waals surface area contributed by atoms with Gasteiger partial charge in [0.05, 0.1) is 0 Å². The van der Waals surface area contributed by atoms with Crippen molar-refractivity contribution < 1.29 is 9.21 Å². The molecule has 0 aliphatic carbocycles.